The summed E-state index contributed by atoms with van der Waals surface area (Å²) >= 11 is 0. The molecule has 0 saturated carbocycles. The summed E-state index contributed by atoms with van der Waals surface area (Å²) in [6.07, 6.45) is 6.91. The molecule has 41 heavy (non-hydrogen) atoms. The number of hydrogen-bond donors (Lipinski definition) is 1. The van der Waals surface area contributed by atoms with Crippen molar-refractivity contribution in [3.05, 3.63) is 66.2 Å². The molecule has 0 aliphatic carbocycles. The molecular weight excluding hydrogens is 520 g/mol. The lowest BCUT2D eigenvalue weighted by Gasteiger charge is -2.56. The smallest absolute Gasteiger partial charge is 0.147 e. The van der Waals surface area contributed by atoms with E-state index in [9.17, 15) is 5.26 Å². The van der Waals surface area contributed by atoms with E-state index in [1.807, 2.05) is 12.1 Å². The predicted octanol–water partition coefficient (Wildman–Crippen LogP) is 2.50. The number of aromatic nitrogens is 4. The van der Waals surface area contributed by atoms with Crippen LogP contribution in [0, 0.1) is 11.3 Å². The molecule has 4 saturated heterocycles. The van der Waals surface area contributed by atoms with E-state index in [0.29, 0.717) is 54.1 Å². The first-order chi connectivity index (χ1) is 20.9. The van der Waals surface area contributed by atoms with Crippen LogP contribution in [0.25, 0.3) is 16.8 Å². The summed E-state index contributed by atoms with van der Waals surface area (Å²) in [7, 11) is 1.68. The molecule has 2 bridgehead atoms. The minimum Gasteiger partial charge on any atom is -0.497 e. The van der Waals surface area contributed by atoms with Gasteiger partial charge in [-0.15, -0.1) is 0 Å². The van der Waals surface area contributed by atoms with Crippen molar-refractivity contribution in [2.45, 2.75) is 31.2 Å². The zero-order valence-corrected chi connectivity index (χ0v) is 22.7. The largest absolute Gasteiger partial charge is 0.497 e. The van der Waals surface area contributed by atoms with Crippen LogP contribution in [0.2, 0.25) is 0 Å². The Labute approximate surface area is 241 Å². The first-order valence-electron chi connectivity index (χ1n) is 14.8. The van der Waals surface area contributed by atoms with Gasteiger partial charge in [-0.05, 0) is 30.2 Å². The number of nitriles is 1. The molecule has 210 valence electrons. The van der Waals surface area contributed by atoms with Gasteiger partial charge in [0.05, 0.1) is 58.0 Å². The lowest BCUT2D eigenvalue weighted by molar-refractivity contribution is -0.00870. The lowest BCUT2D eigenvalue weighted by atomic mass is 9.87. The molecule has 11 heteroatoms. The van der Waals surface area contributed by atoms with E-state index in [-0.39, 0.29) is 5.75 Å². The van der Waals surface area contributed by atoms with Crippen molar-refractivity contribution in [1.82, 2.24) is 29.8 Å². The molecular formula is C30H32N8O3. The molecule has 8 rings (SSSR count). The molecule has 4 fully saturated rings. The Morgan fingerprint density at radius 3 is 2.71 bits per heavy atom. The van der Waals surface area contributed by atoms with Crippen molar-refractivity contribution in [2.75, 3.05) is 51.4 Å². The van der Waals surface area contributed by atoms with Crippen molar-refractivity contribution >= 4 is 11.3 Å². The average molecular weight is 555 g/mol. The van der Waals surface area contributed by atoms with Gasteiger partial charge in [-0.1, -0.05) is 12.1 Å². The Balaban J connectivity index is 1.09. The van der Waals surface area contributed by atoms with Gasteiger partial charge in [0.15, 0.2) is 0 Å². The van der Waals surface area contributed by atoms with Gasteiger partial charge in [0, 0.05) is 50.4 Å². The lowest BCUT2D eigenvalue weighted by Crippen LogP contribution is -2.68. The minimum absolute atomic E-state index is 0.244. The highest BCUT2D eigenvalue weighted by molar-refractivity contribution is 5.83. The topological polar surface area (TPSA) is 113 Å². The molecule has 0 spiro atoms. The second-order valence-electron chi connectivity index (χ2n) is 10.6. The van der Waals surface area contributed by atoms with Crippen LogP contribution in [0.4, 0.5) is 5.82 Å². The number of nitrogens with zero attached hydrogens (tertiary/aromatic N) is 7. The van der Waals surface area contributed by atoms with Crippen LogP contribution in [-0.2, 0) is 11.3 Å². The highest BCUT2D eigenvalue weighted by Crippen LogP contribution is 2.36. The van der Waals surface area contributed by atoms with Crippen molar-refractivity contribution in [2.24, 2.45) is 0 Å². The number of pyridine rings is 1. The number of piperidine rings is 1. The number of anilines is 1. The number of benzene rings is 1. The van der Waals surface area contributed by atoms with Crippen LogP contribution >= 0.6 is 0 Å². The number of ether oxygens (including phenoxy) is 3. The number of methoxy groups -OCH3 is 1. The molecule has 1 N–H and O–H groups in total. The van der Waals surface area contributed by atoms with Crippen molar-refractivity contribution in [1.29, 1.82) is 5.26 Å². The molecule has 2 unspecified atom stereocenters. The van der Waals surface area contributed by atoms with Gasteiger partial charge >= 0.3 is 0 Å². The van der Waals surface area contributed by atoms with Gasteiger partial charge in [-0.25, -0.2) is 9.50 Å². The molecule has 0 amide bonds. The number of hydrogen-bond acceptors (Lipinski definition) is 10. The highest BCUT2D eigenvalue weighted by atomic mass is 16.5. The molecule has 11 nitrogen and oxygen atoms in total. The summed E-state index contributed by atoms with van der Waals surface area (Å²) in [5.41, 5.74) is 3.33. The zero-order chi connectivity index (χ0) is 29.6. The van der Waals surface area contributed by atoms with Gasteiger partial charge in [0.25, 0.3) is 0 Å². The van der Waals surface area contributed by atoms with E-state index in [1.54, 1.807) is 31.8 Å². The predicted molar refractivity (Wildman–Crippen MR) is 152 cm³/mol. The molecule has 4 aromatic rings. The van der Waals surface area contributed by atoms with E-state index in [0.717, 1.165) is 31.2 Å². The molecule has 4 aliphatic heterocycles. The summed E-state index contributed by atoms with van der Waals surface area (Å²) < 4.78 is 35.2. The minimum atomic E-state index is -2.09. The standard InChI is InChI=1S/C30H32N8O3/c1-39-24-4-2-20(3-5-24)15-37-22-8-23(37)17-36(16-22)29-14-33-28(13-34-29)27-9-25(41-19-26-12-32-6-7-40-26)18-38-30(27)21(10-31)11-35-38/h2-5,9,11,13-14,18,22-23,26,32H,6-8,12,15-17,19H2,1H3/t22?,23?,26-/m1/s1/i19D2. The number of rotatable bonds is 8. The summed E-state index contributed by atoms with van der Waals surface area (Å²) in [6, 6.07) is 13.0. The van der Waals surface area contributed by atoms with Crippen LogP contribution in [-0.4, -0.2) is 89.1 Å². The van der Waals surface area contributed by atoms with Crippen LogP contribution in [0.15, 0.2) is 55.1 Å². The van der Waals surface area contributed by atoms with E-state index >= 15 is 0 Å². The average Bonchev–Trinajstić information content (AvgIpc) is 3.47. The zero-order valence-electron chi connectivity index (χ0n) is 24.7. The first-order valence-corrected chi connectivity index (χ1v) is 13.8. The van der Waals surface area contributed by atoms with Crippen LogP contribution in [0.1, 0.15) is 20.3 Å². The maximum Gasteiger partial charge on any atom is 0.147 e. The van der Waals surface area contributed by atoms with Gasteiger partial charge in [0.2, 0.25) is 0 Å². The molecule has 3 atom stereocenters. The summed E-state index contributed by atoms with van der Waals surface area (Å²) in [4.78, 5) is 14.3. The SMILES string of the molecule is [2H]C([2H])(Oc1cc(-c2cnc(N3CC4CC(C3)N4Cc3ccc(OC)cc3)cn2)c2c(C#N)cnn2c1)[C@H]1CNCCO1. The number of nitrogens with one attached hydrogen (secondary N) is 1. The summed E-state index contributed by atoms with van der Waals surface area (Å²) in [5, 5.41) is 17.2. The van der Waals surface area contributed by atoms with Crippen molar-refractivity contribution in [3.63, 3.8) is 0 Å². The number of piperazine rings is 1. The quantitative estimate of drug-likeness (QED) is 0.349. The normalized spacial score (nSPS) is 23.3. The van der Waals surface area contributed by atoms with Crippen LogP contribution in [0.3, 0.4) is 0 Å². The first kappa shape index (κ1) is 23.5. The third kappa shape index (κ3) is 5.06. The van der Waals surface area contributed by atoms with Gasteiger partial charge < -0.3 is 24.4 Å². The summed E-state index contributed by atoms with van der Waals surface area (Å²) in [6.45, 7) is 2.00. The fraction of sp³-hybridized carbons (Fsp3) is 0.400. The fourth-order valence-electron chi connectivity index (χ4n) is 5.90. The second-order valence-corrected chi connectivity index (χ2v) is 10.6. The third-order valence-corrected chi connectivity index (χ3v) is 8.05. The van der Waals surface area contributed by atoms with Gasteiger partial charge in [-0.2, -0.15) is 10.4 Å². The second kappa shape index (κ2) is 11.0. The van der Waals surface area contributed by atoms with E-state index in [1.165, 1.54) is 22.7 Å². The molecule has 4 aliphatic rings. The Kier molecular flexibility index (Phi) is 6.28. The van der Waals surface area contributed by atoms with Crippen molar-refractivity contribution in [3.8, 4) is 28.8 Å². The van der Waals surface area contributed by atoms with Crippen molar-refractivity contribution < 1.29 is 17.0 Å². The maximum atomic E-state index is 9.73. The van der Waals surface area contributed by atoms with Crippen LogP contribution < -0.4 is 19.7 Å². The monoisotopic (exact) mass is 554 g/mol. The fourth-order valence-corrected chi connectivity index (χ4v) is 5.90. The molecule has 7 heterocycles. The Bertz CT molecular complexity index is 1640. The summed E-state index contributed by atoms with van der Waals surface area (Å²) in [5.74, 6) is 1.91. The number of fused-ring (bicyclic) bond motifs is 3. The Hall–Kier alpha value is -4.24. The maximum absolute atomic E-state index is 9.73. The van der Waals surface area contributed by atoms with E-state index < -0.39 is 12.7 Å². The molecule has 1 aromatic carbocycles. The van der Waals surface area contributed by atoms with Gasteiger partial charge in [-0.3, -0.25) is 9.88 Å². The third-order valence-electron chi connectivity index (χ3n) is 8.05. The van der Waals surface area contributed by atoms with Crippen LogP contribution in [0.5, 0.6) is 11.5 Å². The van der Waals surface area contributed by atoms with E-state index in [2.05, 4.69) is 38.4 Å². The molecule has 0 radical (unpaired) electrons. The highest BCUT2D eigenvalue weighted by Gasteiger charge is 2.44. The number of morpholine rings is 1. The van der Waals surface area contributed by atoms with Gasteiger partial charge in [0.1, 0.15) is 36.0 Å². The van der Waals surface area contributed by atoms with E-state index in [4.69, 9.17) is 26.9 Å². The Morgan fingerprint density at radius 2 is 2.00 bits per heavy atom. The Morgan fingerprint density at radius 1 is 1.15 bits per heavy atom. The molecule has 3 aromatic heterocycles.